The molecule has 2 aromatic heterocycles. The average molecular weight is 296 g/mol. The van der Waals surface area contributed by atoms with Crippen molar-refractivity contribution in [1.82, 2.24) is 19.9 Å². The van der Waals surface area contributed by atoms with Crippen molar-refractivity contribution in [1.29, 1.82) is 0 Å². The van der Waals surface area contributed by atoms with Gasteiger partial charge >= 0.3 is 5.97 Å². The van der Waals surface area contributed by atoms with E-state index in [1.165, 1.54) is 12.4 Å². The van der Waals surface area contributed by atoms with Crippen LogP contribution in [-0.2, 0) is 11.3 Å². The first-order valence-electron chi connectivity index (χ1n) is 6.40. The van der Waals surface area contributed by atoms with Gasteiger partial charge in [0.2, 0.25) is 0 Å². The lowest BCUT2D eigenvalue weighted by Gasteiger charge is -2.07. The summed E-state index contributed by atoms with van der Waals surface area (Å²) >= 11 is 0. The number of hydrogen-bond acceptors (Lipinski definition) is 8. The van der Waals surface area contributed by atoms with Crippen LogP contribution in [0.1, 0.15) is 16.3 Å². The van der Waals surface area contributed by atoms with Crippen molar-refractivity contribution in [3.63, 3.8) is 0 Å². The molecule has 110 valence electrons. The summed E-state index contributed by atoms with van der Waals surface area (Å²) in [4.78, 5) is 27.9. The van der Waals surface area contributed by atoms with Crippen molar-refractivity contribution in [3.05, 3.63) is 48.2 Å². The predicted molar refractivity (Wildman–Crippen MR) is 79.5 cm³/mol. The zero-order valence-corrected chi connectivity index (χ0v) is 11.4. The first kappa shape index (κ1) is 13.7. The van der Waals surface area contributed by atoms with Crippen LogP contribution in [0.2, 0.25) is 0 Å². The number of carbonyl (C=O) groups is 1. The van der Waals surface area contributed by atoms with Crippen LogP contribution in [0.25, 0.3) is 10.9 Å². The highest BCUT2D eigenvalue weighted by molar-refractivity contribution is 5.91. The third-order valence-electron chi connectivity index (χ3n) is 2.93. The van der Waals surface area contributed by atoms with Gasteiger partial charge < -0.3 is 16.2 Å². The number of carbonyl (C=O) groups excluding carboxylic acids is 1. The van der Waals surface area contributed by atoms with Gasteiger partial charge in [-0.15, -0.1) is 0 Å². The van der Waals surface area contributed by atoms with Gasteiger partial charge in [0.25, 0.3) is 0 Å². The summed E-state index contributed by atoms with van der Waals surface area (Å²) in [5, 5.41) is 0.746. The summed E-state index contributed by atoms with van der Waals surface area (Å²) in [6.07, 6.45) is 2.75. The van der Waals surface area contributed by atoms with E-state index >= 15 is 0 Å². The number of para-hydroxylation sites is 1. The van der Waals surface area contributed by atoms with E-state index in [4.69, 9.17) is 16.2 Å². The smallest absolute Gasteiger partial charge is 0.361 e. The van der Waals surface area contributed by atoms with Crippen LogP contribution >= 0.6 is 0 Å². The second-order valence-electron chi connectivity index (χ2n) is 4.41. The van der Waals surface area contributed by atoms with E-state index in [1.807, 2.05) is 18.2 Å². The number of fused-ring (bicyclic) bond motifs is 1. The number of aromatic nitrogens is 4. The molecule has 0 aliphatic carbocycles. The van der Waals surface area contributed by atoms with Crippen LogP contribution in [0.15, 0.2) is 36.7 Å². The van der Waals surface area contributed by atoms with E-state index in [0.717, 1.165) is 5.39 Å². The van der Waals surface area contributed by atoms with Crippen molar-refractivity contribution in [2.45, 2.75) is 6.61 Å². The molecule has 0 bridgehead atoms. The Morgan fingerprint density at radius 3 is 2.64 bits per heavy atom. The van der Waals surface area contributed by atoms with Crippen LogP contribution in [0.5, 0.6) is 0 Å². The Kier molecular flexibility index (Phi) is 3.48. The topological polar surface area (TPSA) is 130 Å². The molecule has 22 heavy (non-hydrogen) atoms. The first-order chi connectivity index (χ1) is 10.6. The Morgan fingerprint density at radius 1 is 1.05 bits per heavy atom. The van der Waals surface area contributed by atoms with Gasteiger partial charge in [-0.3, -0.25) is 0 Å². The SMILES string of the molecule is Nc1nccnc1C(=O)OCc1nc(N)c2ccccc2n1. The summed E-state index contributed by atoms with van der Waals surface area (Å²) in [7, 11) is 0. The number of ether oxygens (including phenoxy) is 1. The van der Waals surface area contributed by atoms with Gasteiger partial charge in [0, 0.05) is 17.8 Å². The third kappa shape index (κ3) is 2.62. The molecule has 4 N–H and O–H groups in total. The summed E-state index contributed by atoms with van der Waals surface area (Å²) in [6.45, 7) is -0.135. The molecule has 8 heteroatoms. The van der Waals surface area contributed by atoms with Crippen LogP contribution < -0.4 is 11.5 Å². The molecule has 2 heterocycles. The number of esters is 1. The fraction of sp³-hybridized carbons (Fsp3) is 0.0714. The maximum atomic E-state index is 11.9. The Hall–Kier alpha value is -3.29. The Balaban J connectivity index is 1.79. The third-order valence-corrected chi connectivity index (χ3v) is 2.93. The molecule has 8 nitrogen and oxygen atoms in total. The molecule has 0 amide bonds. The first-order valence-corrected chi connectivity index (χ1v) is 6.40. The number of anilines is 2. The minimum Gasteiger partial charge on any atom is -0.453 e. The van der Waals surface area contributed by atoms with E-state index in [1.54, 1.807) is 6.07 Å². The van der Waals surface area contributed by atoms with Crippen molar-refractivity contribution in [2.24, 2.45) is 0 Å². The zero-order chi connectivity index (χ0) is 15.5. The Labute approximate surface area is 125 Å². The van der Waals surface area contributed by atoms with E-state index in [2.05, 4.69) is 19.9 Å². The number of rotatable bonds is 3. The van der Waals surface area contributed by atoms with Crippen LogP contribution in [0.4, 0.5) is 11.6 Å². The molecule has 1 aromatic carbocycles. The maximum Gasteiger partial charge on any atom is 0.361 e. The second-order valence-corrected chi connectivity index (χ2v) is 4.41. The molecule has 0 saturated carbocycles. The lowest BCUT2D eigenvalue weighted by Crippen LogP contribution is -2.13. The summed E-state index contributed by atoms with van der Waals surface area (Å²) in [5.74, 6) is -0.0601. The second kappa shape index (κ2) is 5.60. The minimum absolute atomic E-state index is 0.00597. The van der Waals surface area contributed by atoms with E-state index in [-0.39, 0.29) is 18.1 Å². The molecule has 0 aliphatic rings. The van der Waals surface area contributed by atoms with Crippen molar-refractivity contribution in [2.75, 3.05) is 11.5 Å². The molecular weight excluding hydrogens is 284 g/mol. The molecule has 0 unspecified atom stereocenters. The maximum absolute atomic E-state index is 11.9. The van der Waals surface area contributed by atoms with Gasteiger partial charge in [0.1, 0.15) is 5.82 Å². The highest BCUT2D eigenvalue weighted by Gasteiger charge is 2.15. The summed E-state index contributed by atoms with van der Waals surface area (Å²) in [5.41, 5.74) is 12.1. The normalized spacial score (nSPS) is 10.5. The van der Waals surface area contributed by atoms with Gasteiger partial charge in [-0.25, -0.2) is 24.7 Å². The van der Waals surface area contributed by atoms with Crippen LogP contribution in [0.3, 0.4) is 0 Å². The number of benzene rings is 1. The lowest BCUT2D eigenvalue weighted by atomic mass is 10.2. The molecule has 0 fully saturated rings. The van der Waals surface area contributed by atoms with E-state index in [9.17, 15) is 4.79 Å². The lowest BCUT2D eigenvalue weighted by molar-refractivity contribution is 0.0456. The largest absolute Gasteiger partial charge is 0.453 e. The zero-order valence-electron chi connectivity index (χ0n) is 11.4. The predicted octanol–water partition coefficient (Wildman–Crippen LogP) is 0.941. The standard InChI is InChI=1S/C14H12N6O2/c15-12-8-3-1-2-4-9(8)19-10(20-12)7-22-14(21)11-13(16)18-6-5-17-11/h1-6H,7H2,(H2,16,18)(H2,15,19,20). The Bertz CT molecular complexity index is 852. The van der Waals surface area contributed by atoms with E-state index in [0.29, 0.717) is 17.2 Å². The quantitative estimate of drug-likeness (QED) is 0.683. The highest BCUT2D eigenvalue weighted by atomic mass is 16.5. The van der Waals surface area contributed by atoms with Crippen molar-refractivity contribution < 1.29 is 9.53 Å². The molecule has 0 spiro atoms. The van der Waals surface area contributed by atoms with Gasteiger partial charge in [-0.05, 0) is 12.1 Å². The average Bonchev–Trinajstić information content (AvgIpc) is 2.53. The van der Waals surface area contributed by atoms with Crippen LogP contribution in [0, 0.1) is 0 Å². The number of nitrogens with two attached hydrogens (primary N) is 2. The summed E-state index contributed by atoms with van der Waals surface area (Å²) < 4.78 is 5.10. The fourth-order valence-corrected chi connectivity index (χ4v) is 1.92. The monoisotopic (exact) mass is 296 g/mol. The van der Waals surface area contributed by atoms with E-state index < -0.39 is 5.97 Å². The molecule has 0 atom stereocenters. The van der Waals surface area contributed by atoms with Crippen LogP contribution in [-0.4, -0.2) is 25.9 Å². The molecule has 3 aromatic rings. The van der Waals surface area contributed by atoms with Crippen molar-refractivity contribution in [3.8, 4) is 0 Å². The number of nitrogen functional groups attached to an aromatic ring is 2. The fourth-order valence-electron chi connectivity index (χ4n) is 1.92. The van der Waals surface area contributed by atoms with Gasteiger partial charge in [-0.1, -0.05) is 12.1 Å². The summed E-state index contributed by atoms with van der Waals surface area (Å²) in [6, 6.07) is 7.31. The van der Waals surface area contributed by atoms with Gasteiger partial charge in [0.15, 0.2) is 23.9 Å². The number of nitrogens with zero attached hydrogens (tertiary/aromatic N) is 4. The molecule has 0 saturated heterocycles. The Morgan fingerprint density at radius 2 is 1.82 bits per heavy atom. The highest BCUT2D eigenvalue weighted by Crippen LogP contribution is 2.17. The molecule has 3 rings (SSSR count). The van der Waals surface area contributed by atoms with Gasteiger partial charge in [-0.2, -0.15) is 0 Å². The number of hydrogen-bond donors (Lipinski definition) is 2. The minimum atomic E-state index is -0.694. The molecule has 0 radical (unpaired) electrons. The molecular formula is C14H12N6O2. The van der Waals surface area contributed by atoms with Crippen molar-refractivity contribution >= 4 is 28.5 Å². The van der Waals surface area contributed by atoms with Gasteiger partial charge in [0.05, 0.1) is 5.52 Å². The molecule has 0 aliphatic heterocycles.